The molecular weight excluding hydrogens is 246 g/mol. The van der Waals surface area contributed by atoms with Crippen LogP contribution >= 0.6 is 11.6 Å². The lowest BCUT2D eigenvalue weighted by atomic mass is 10.1. The van der Waals surface area contributed by atoms with Crippen LogP contribution < -0.4 is 5.32 Å². The fraction of sp³-hybridized carbons (Fsp3) is 0.400. The van der Waals surface area contributed by atoms with E-state index < -0.39 is 0 Å². The van der Waals surface area contributed by atoms with E-state index in [4.69, 9.17) is 11.6 Å². The molecule has 2 atom stereocenters. The molecule has 0 radical (unpaired) electrons. The van der Waals surface area contributed by atoms with Gasteiger partial charge in [-0.15, -0.1) is 0 Å². The molecule has 1 saturated carbocycles. The van der Waals surface area contributed by atoms with Gasteiger partial charge in [0.15, 0.2) is 0 Å². The molecule has 18 heavy (non-hydrogen) atoms. The zero-order valence-electron chi connectivity index (χ0n) is 10.5. The Bertz CT molecular complexity index is 456. The summed E-state index contributed by atoms with van der Waals surface area (Å²) in [4.78, 5) is 11.7. The minimum atomic E-state index is -0.0333. The summed E-state index contributed by atoms with van der Waals surface area (Å²) < 4.78 is 0. The van der Waals surface area contributed by atoms with Gasteiger partial charge in [0.05, 0.1) is 0 Å². The highest BCUT2D eigenvalue weighted by Gasteiger charge is 2.21. The minimum absolute atomic E-state index is 0.0333. The van der Waals surface area contributed by atoms with Gasteiger partial charge in [-0.25, -0.2) is 0 Å². The molecule has 3 heteroatoms. The highest BCUT2D eigenvalue weighted by atomic mass is 35.5. The predicted molar refractivity (Wildman–Crippen MR) is 75.4 cm³/mol. The molecule has 0 aromatic heterocycles. The van der Waals surface area contributed by atoms with Crippen LogP contribution in [0.25, 0.3) is 6.08 Å². The van der Waals surface area contributed by atoms with Gasteiger partial charge in [-0.1, -0.05) is 36.7 Å². The van der Waals surface area contributed by atoms with E-state index in [9.17, 15) is 4.79 Å². The van der Waals surface area contributed by atoms with Gasteiger partial charge in [0.1, 0.15) is 0 Å². The lowest BCUT2D eigenvalue weighted by Gasteiger charge is -2.10. The van der Waals surface area contributed by atoms with Crippen LogP contribution in [0, 0.1) is 5.92 Å². The molecule has 1 aromatic carbocycles. The maximum Gasteiger partial charge on any atom is 0.244 e. The number of nitrogens with one attached hydrogen (secondary N) is 1. The Labute approximate surface area is 113 Å². The Morgan fingerprint density at radius 1 is 1.39 bits per heavy atom. The zero-order valence-corrected chi connectivity index (χ0v) is 11.3. The molecule has 1 aromatic rings. The molecule has 0 heterocycles. The van der Waals surface area contributed by atoms with Crippen LogP contribution in [-0.4, -0.2) is 11.9 Å². The van der Waals surface area contributed by atoms with Gasteiger partial charge in [-0.2, -0.15) is 0 Å². The first-order valence-electron chi connectivity index (χ1n) is 6.38. The van der Waals surface area contributed by atoms with Crippen LogP contribution in [0.15, 0.2) is 30.3 Å². The topological polar surface area (TPSA) is 29.1 Å². The first-order valence-corrected chi connectivity index (χ1v) is 6.76. The molecule has 2 nitrogen and oxygen atoms in total. The highest BCUT2D eigenvalue weighted by molar-refractivity contribution is 6.32. The standard InChI is InChI=1S/C15H18ClNO/c1-11-6-8-13(10-11)17-15(18)9-7-12-4-2-3-5-14(12)16/h2-5,7,9,11,13H,6,8,10H2,1H3,(H,17,18)/b9-7+. The van der Waals surface area contributed by atoms with E-state index in [-0.39, 0.29) is 5.91 Å². The summed E-state index contributed by atoms with van der Waals surface area (Å²) >= 11 is 6.01. The van der Waals surface area contributed by atoms with Crippen LogP contribution in [-0.2, 0) is 4.79 Å². The predicted octanol–water partition coefficient (Wildman–Crippen LogP) is 3.66. The SMILES string of the molecule is CC1CCC(NC(=O)/C=C/c2ccccc2Cl)C1. The first kappa shape index (κ1) is 13.2. The van der Waals surface area contributed by atoms with E-state index >= 15 is 0 Å². The number of amides is 1. The second-order valence-corrected chi connectivity index (χ2v) is 5.39. The average Bonchev–Trinajstić information content (AvgIpc) is 2.74. The van der Waals surface area contributed by atoms with Gasteiger partial charge in [-0.3, -0.25) is 4.79 Å². The summed E-state index contributed by atoms with van der Waals surface area (Å²) in [7, 11) is 0. The van der Waals surface area contributed by atoms with Gasteiger partial charge in [0.2, 0.25) is 5.91 Å². The molecule has 1 N–H and O–H groups in total. The maximum atomic E-state index is 11.7. The Hall–Kier alpha value is -1.28. The Morgan fingerprint density at radius 3 is 2.83 bits per heavy atom. The van der Waals surface area contributed by atoms with Crippen LogP contribution in [0.4, 0.5) is 0 Å². The molecule has 0 saturated heterocycles. The van der Waals surface area contributed by atoms with Crippen LogP contribution in [0.5, 0.6) is 0 Å². The number of carbonyl (C=O) groups excluding carboxylic acids is 1. The summed E-state index contributed by atoms with van der Waals surface area (Å²) in [5.41, 5.74) is 0.870. The molecule has 0 bridgehead atoms. The normalized spacial score (nSPS) is 23.4. The van der Waals surface area contributed by atoms with Crippen molar-refractivity contribution in [3.8, 4) is 0 Å². The number of benzene rings is 1. The lowest BCUT2D eigenvalue weighted by Crippen LogP contribution is -2.31. The van der Waals surface area contributed by atoms with Crippen LogP contribution in [0.3, 0.4) is 0 Å². The molecule has 0 aliphatic heterocycles. The van der Waals surface area contributed by atoms with Crippen LogP contribution in [0.2, 0.25) is 5.02 Å². The summed E-state index contributed by atoms with van der Waals surface area (Å²) in [5, 5.41) is 3.69. The molecule has 2 unspecified atom stereocenters. The van der Waals surface area contributed by atoms with E-state index in [0.29, 0.717) is 11.1 Å². The number of carbonyl (C=O) groups is 1. The van der Waals surface area contributed by atoms with E-state index in [1.807, 2.05) is 24.3 Å². The maximum absolute atomic E-state index is 11.7. The Balaban J connectivity index is 1.89. The van der Waals surface area contributed by atoms with E-state index in [0.717, 1.165) is 24.3 Å². The summed E-state index contributed by atoms with van der Waals surface area (Å²) in [5.74, 6) is 0.692. The third kappa shape index (κ3) is 3.61. The third-order valence-corrected chi connectivity index (χ3v) is 3.70. The number of hydrogen-bond donors (Lipinski definition) is 1. The van der Waals surface area contributed by atoms with Crippen molar-refractivity contribution in [1.82, 2.24) is 5.32 Å². The van der Waals surface area contributed by atoms with Crippen molar-refractivity contribution >= 4 is 23.6 Å². The molecule has 1 amide bonds. The largest absolute Gasteiger partial charge is 0.350 e. The summed E-state index contributed by atoms with van der Waals surface area (Å²) in [6.07, 6.45) is 6.71. The van der Waals surface area contributed by atoms with Crippen molar-refractivity contribution in [3.63, 3.8) is 0 Å². The third-order valence-electron chi connectivity index (χ3n) is 3.36. The van der Waals surface area contributed by atoms with Crippen molar-refractivity contribution in [1.29, 1.82) is 0 Å². The van der Waals surface area contributed by atoms with Crippen molar-refractivity contribution in [2.24, 2.45) is 5.92 Å². The Morgan fingerprint density at radius 2 is 2.17 bits per heavy atom. The van der Waals surface area contributed by atoms with Crippen molar-refractivity contribution in [3.05, 3.63) is 40.9 Å². The quantitative estimate of drug-likeness (QED) is 0.829. The number of hydrogen-bond acceptors (Lipinski definition) is 1. The van der Waals surface area contributed by atoms with E-state index in [1.165, 1.54) is 6.42 Å². The summed E-state index contributed by atoms with van der Waals surface area (Å²) in [6.45, 7) is 2.23. The van der Waals surface area contributed by atoms with Crippen molar-refractivity contribution in [2.75, 3.05) is 0 Å². The second kappa shape index (κ2) is 6.05. The lowest BCUT2D eigenvalue weighted by molar-refractivity contribution is -0.117. The molecule has 0 spiro atoms. The number of rotatable bonds is 3. The van der Waals surface area contributed by atoms with Crippen molar-refractivity contribution in [2.45, 2.75) is 32.2 Å². The average molecular weight is 264 g/mol. The van der Waals surface area contributed by atoms with Crippen molar-refractivity contribution < 1.29 is 4.79 Å². The summed E-state index contributed by atoms with van der Waals surface area (Å²) in [6, 6.07) is 7.83. The molecular formula is C15H18ClNO. The molecule has 1 aliphatic carbocycles. The molecule has 96 valence electrons. The van der Waals surface area contributed by atoms with Gasteiger partial charge in [0.25, 0.3) is 0 Å². The molecule has 1 aliphatic rings. The molecule has 1 fully saturated rings. The zero-order chi connectivity index (χ0) is 13.0. The van der Waals surface area contributed by atoms with E-state index in [2.05, 4.69) is 12.2 Å². The second-order valence-electron chi connectivity index (χ2n) is 4.98. The van der Waals surface area contributed by atoms with Gasteiger partial charge < -0.3 is 5.32 Å². The smallest absolute Gasteiger partial charge is 0.244 e. The van der Waals surface area contributed by atoms with Gasteiger partial charge in [0, 0.05) is 17.1 Å². The van der Waals surface area contributed by atoms with Crippen LogP contribution in [0.1, 0.15) is 31.7 Å². The fourth-order valence-corrected chi connectivity index (χ4v) is 2.56. The minimum Gasteiger partial charge on any atom is -0.350 e. The fourth-order valence-electron chi connectivity index (χ4n) is 2.36. The van der Waals surface area contributed by atoms with E-state index in [1.54, 1.807) is 12.2 Å². The number of halogens is 1. The van der Waals surface area contributed by atoms with Gasteiger partial charge in [-0.05, 0) is 42.9 Å². The highest BCUT2D eigenvalue weighted by Crippen LogP contribution is 2.24. The first-order chi connectivity index (χ1) is 8.65. The molecule has 2 rings (SSSR count). The van der Waals surface area contributed by atoms with Gasteiger partial charge >= 0.3 is 0 Å². The monoisotopic (exact) mass is 263 g/mol. The Kier molecular flexibility index (Phi) is 4.43.